The summed E-state index contributed by atoms with van der Waals surface area (Å²) in [5.74, 6) is 0.534. The van der Waals surface area contributed by atoms with Crippen molar-refractivity contribution in [3.63, 3.8) is 0 Å². The van der Waals surface area contributed by atoms with Crippen molar-refractivity contribution in [2.75, 3.05) is 7.05 Å². The monoisotopic (exact) mass is 303 g/mol. The number of furan rings is 1. The van der Waals surface area contributed by atoms with Gasteiger partial charge in [-0.1, -0.05) is 11.3 Å². The largest absolute Gasteiger partial charge is 0.447 e. The molecule has 0 radical (unpaired) electrons. The molecule has 0 saturated carbocycles. The molecule has 0 unspecified atom stereocenters. The first-order chi connectivity index (χ1) is 9.01. The first kappa shape index (κ1) is 14.0. The van der Waals surface area contributed by atoms with Gasteiger partial charge in [0.25, 0.3) is 10.0 Å². The Morgan fingerprint density at radius 1 is 1.37 bits per heavy atom. The van der Waals surface area contributed by atoms with Gasteiger partial charge in [-0.2, -0.15) is 0 Å². The summed E-state index contributed by atoms with van der Waals surface area (Å²) >= 11 is 0.984. The Hall–Kier alpha value is -1.42. The van der Waals surface area contributed by atoms with Gasteiger partial charge in [-0.15, -0.1) is 0 Å². The van der Waals surface area contributed by atoms with Gasteiger partial charge in [0.15, 0.2) is 0 Å². The molecule has 2 rings (SSSR count). The van der Waals surface area contributed by atoms with Crippen molar-refractivity contribution >= 4 is 21.4 Å². The number of sulfonamides is 1. The van der Waals surface area contributed by atoms with Crippen LogP contribution in [0.5, 0.6) is 0 Å². The van der Waals surface area contributed by atoms with Crippen LogP contribution < -0.4 is 14.9 Å². The van der Waals surface area contributed by atoms with Gasteiger partial charge in [0, 0.05) is 11.1 Å². The minimum atomic E-state index is -3.71. The Labute approximate surface area is 113 Å². The van der Waals surface area contributed by atoms with Gasteiger partial charge in [0.1, 0.15) is 5.76 Å². The van der Waals surface area contributed by atoms with Gasteiger partial charge in [-0.25, -0.2) is 13.1 Å². The van der Waals surface area contributed by atoms with Crippen molar-refractivity contribution in [2.24, 2.45) is 0 Å². The summed E-state index contributed by atoms with van der Waals surface area (Å²) in [6, 6.07) is 2.99. The zero-order valence-corrected chi connectivity index (χ0v) is 11.7. The highest BCUT2D eigenvalue weighted by Gasteiger charge is 2.18. The maximum atomic E-state index is 11.9. The number of nitrogens with one attached hydrogen (secondary N) is 3. The number of hydrogen-bond donors (Lipinski definition) is 3. The minimum Gasteiger partial charge on any atom is -0.447 e. The Balaban J connectivity index is 2.06. The topological polar surface area (TPSA) is 104 Å². The van der Waals surface area contributed by atoms with Gasteiger partial charge in [-0.3, -0.25) is 4.79 Å². The third-order valence-corrected chi connectivity index (χ3v) is 4.27. The smallest absolute Gasteiger partial charge is 0.304 e. The highest BCUT2D eigenvalue weighted by atomic mass is 32.2. The van der Waals surface area contributed by atoms with Crippen molar-refractivity contribution in [2.45, 2.75) is 18.2 Å². The summed E-state index contributed by atoms with van der Waals surface area (Å²) in [6.07, 6.45) is 0. The predicted molar refractivity (Wildman–Crippen MR) is 70.4 cm³/mol. The molecule has 0 bridgehead atoms. The van der Waals surface area contributed by atoms with Crippen molar-refractivity contribution in [1.82, 2.24) is 15.0 Å². The Morgan fingerprint density at radius 3 is 2.79 bits per heavy atom. The highest BCUT2D eigenvalue weighted by molar-refractivity contribution is 7.89. The molecule has 2 heterocycles. The van der Waals surface area contributed by atoms with Crippen LogP contribution in [0, 0.1) is 0 Å². The van der Waals surface area contributed by atoms with E-state index in [1.165, 1.54) is 6.07 Å². The molecule has 0 amide bonds. The second-order valence-electron chi connectivity index (χ2n) is 3.75. The molecule has 0 fully saturated rings. The van der Waals surface area contributed by atoms with Crippen LogP contribution in [-0.4, -0.2) is 20.4 Å². The standard InChI is InChI=1S/C10H13N3O4S2/c1-11-5-8-2-3-9(17-8)19(15,16)12-4-7-6-18-10(14)13-7/h2-3,6,11-12H,4-5H2,1H3,(H,13,14). The third kappa shape index (κ3) is 3.53. The lowest BCUT2D eigenvalue weighted by atomic mass is 10.4. The van der Waals surface area contributed by atoms with E-state index in [1.807, 2.05) is 0 Å². The Kier molecular flexibility index (Phi) is 4.20. The summed E-state index contributed by atoms with van der Waals surface area (Å²) in [4.78, 5) is 13.2. The van der Waals surface area contributed by atoms with Crippen molar-refractivity contribution in [3.05, 3.63) is 38.6 Å². The summed E-state index contributed by atoms with van der Waals surface area (Å²) in [5.41, 5.74) is 0.514. The van der Waals surface area contributed by atoms with Crippen molar-refractivity contribution in [1.29, 1.82) is 0 Å². The molecule has 0 saturated heterocycles. The number of aromatic nitrogens is 1. The van der Waals surface area contributed by atoms with E-state index in [0.717, 1.165) is 11.3 Å². The van der Waals surface area contributed by atoms with Gasteiger partial charge >= 0.3 is 4.87 Å². The quantitative estimate of drug-likeness (QED) is 0.708. The summed E-state index contributed by atoms with van der Waals surface area (Å²) in [5, 5.41) is 4.29. The molecule has 0 atom stereocenters. The van der Waals surface area contributed by atoms with E-state index in [2.05, 4.69) is 15.0 Å². The first-order valence-electron chi connectivity index (χ1n) is 5.41. The maximum absolute atomic E-state index is 11.9. The molecule has 0 aromatic carbocycles. The van der Waals surface area contributed by atoms with E-state index in [0.29, 0.717) is 18.0 Å². The second kappa shape index (κ2) is 5.70. The minimum absolute atomic E-state index is 0.0170. The van der Waals surface area contributed by atoms with E-state index < -0.39 is 10.0 Å². The highest BCUT2D eigenvalue weighted by Crippen LogP contribution is 2.14. The molecule has 2 aromatic rings. The Morgan fingerprint density at radius 2 is 2.16 bits per heavy atom. The van der Waals surface area contributed by atoms with Crippen molar-refractivity contribution < 1.29 is 12.8 Å². The van der Waals surface area contributed by atoms with Crippen LogP contribution in [0.15, 0.2) is 31.8 Å². The summed E-state index contributed by atoms with van der Waals surface area (Å²) in [6.45, 7) is 0.469. The normalized spacial score (nSPS) is 11.8. The van der Waals surface area contributed by atoms with Crippen LogP contribution in [0.1, 0.15) is 11.5 Å². The number of hydrogen-bond acceptors (Lipinski definition) is 6. The predicted octanol–water partition coefficient (Wildman–Crippen LogP) is 0.227. The molecule has 0 aliphatic heterocycles. The maximum Gasteiger partial charge on any atom is 0.304 e. The fourth-order valence-electron chi connectivity index (χ4n) is 1.42. The SMILES string of the molecule is CNCc1ccc(S(=O)(=O)NCc2csc(=O)[nH]2)o1. The van der Waals surface area contributed by atoms with Crippen LogP contribution in [-0.2, 0) is 23.1 Å². The molecule has 0 aliphatic carbocycles. The molecule has 0 aliphatic rings. The van der Waals surface area contributed by atoms with E-state index in [-0.39, 0.29) is 16.5 Å². The third-order valence-electron chi connectivity index (χ3n) is 2.28. The first-order valence-corrected chi connectivity index (χ1v) is 7.77. The summed E-state index contributed by atoms with van der Waals surface area (Å²) in [7, 11) is -1.97. The molecule has 3 N–H and O–H groups in total. The molecular weight excluding hydrogens is 290 g/mol. The fourth-order valence-corrected chi connectivity index (χ4v) is 2.95. The number of thiazole rings is 1. The summed E-state index contributed by atoms with van der Waals surface area (Å²) < 4.78 is 31.4. The average molecular weight is 303 g/mol. The van der Waals surface area contributed by atoms with E-state index >= 15 is 0 Å². The van der Waals surface area contributed by atoms with Gasteiger partial charge in [0.2, 0.25) is 5.09 Å². The lowest BCUT2D eigenvalue weighted by molar-refractivity contribution is 0.404. The van der Waals surface area contributed by atoms with Crippen LogP contribution in [0.2, 0.25) is 0 Å². The molecular formula is C10H13N3O4S2. The van der Waals surface area contributed by atoms with E-state index in [1.54, 1.807) is 18.5 Å². The lowest BCUT2D eigenvalue weighted by Gasteiger charge is -2.02. The molecule has 9 heteroatoms. The number of aromatic amines is 1. The molecule has 104 valence electrons. The molecule has 0 spiro atoms. The van der Waals surface area contributed by atoms with Crippen LogP contribution >= 0.6 is 11.3 Å². The van der Waals surface area contributed by atoms with Crippen LogP contribution in [0.4, 0.5) is 0 Å². The molecule has 19 heavy (non-hydrogen) atoms. The lowest BCUT2D eigenvalue weighted by Crippen LogP contribution is -2.23. The molecule has 7 nitrogen and oxygen atoms in total. The van der Waals surface area contributed by atoms with E-state index in [4.69, 9.17) is 4.42 Å². The number of H-pyrrole nitrogens is 1. The zero-order valence-electron chi connectivity index (χ0n) is 10.1. The van der Waals surface area contributed by atoms with Gasteiger partial charge < -0.3 is 14.7 Å². The fraction of sp³-hybridized carbons (Fsp3) is 0.300. The second-order valence-corrected chi connectivity index (χ2v) is 6.29. The van der Waals surface area contributed by atoms with Crippen LogP contribution in [0.3, 0.4) is 0 Å². The average Bonchev–Trinajstić information content (AvgIpc) is 2.97. The van der Waals surface area contributed by atoms with Crippen LogP contribution in [0.25, 0.3) is 0 Å². The van der Waals surface area contributed by atoms with E-state index in [9.17, 15) is 13.2 Å². The van der Waals surface area contributed by atoms with Gasteiger partial charge in [-0.05, 0) is 19.2 Å². The molecule has 2 aromatic heterocycles. The Bertz CT molecular complexity index is 698. The van der Waals surface area contributed by atoms with Gasteiger partial charge in [0.05, 0.1) is 13.1 Å². The number of rotatable bonds is 6. The zero-order chi connectivity index (χ0) is 13.9. The van der Waals surface area contributed by atoms with Crippen molar-refractivity contribution in [3.8, 4) is 0 Å².